The van der Waals surface area contributed by atoms with Gasteiger partial charge in [0.25, 0.3) is 0 Å². The fourth-order valence-corrected chi connectivity index (χ4v) is 8.23. The van der Waals surface area contributed by atoms with E-state index < -0.39 is 25.0 Å². The molecule has 0 saturated carbocycles. The molecule has 0 fully saturated rings. The number of allylic oxidation sites excluding steroid dienone is 6. The largest absolute Gasteiger partial charge is 0.368 e. The molecule has 4 unspecified atom stereocenters. The topological polar surface area (TPSA) is 88.4 Å². The lowest BCUT2D eigenvalue weighted by Gasteiger charge is -2.24. The molecule has 0 heterocycles. The fraction of sp³-hybridized carbons (Fsp3) is 0.895. The van der Waals surface area contributed by atoms with Crippen molar-refractivity contribution in [3.63, 3.8) is 0 Å². The van der Waals surface area contributed by atoms with Gasteiger partial charge in [0.15, 0.2) is 18.9 Å². The molecule has 0 aromatic carbocycles. The maximum atomic E-state index is 10.8. The van der Waals surface area contributed by atoms with Gasteiger partial charge in [0.2, 0.25) is 0 Å². The van der Waals surface area contributed by atoms with Crippen molar-refractivity contribution in [2.45, 2.75) is 315 Å². The normalized spacial score (nSPS) is 14.2. The van der Waals surface area contributed by atoms with Crippen LogP contribution in [0.1, 0.15) is 290 Å². The van der Waals surface area contributed by atoms with E-state index in [1.807, 2.05) is 0 Å². The van der Waals surface area contributed by atoms with Crippen molar-refractivity contribution in [2.75, 3.05) is 13.2 Å². The smallest absolute Gasteiger partial charge is 0.155 e. The van der Waals surface area contributed by atoms with E-state index >= 15 is 0 Å². The molecule has 6 nitrogen and oxygen atoms in total. The lowest BCUT2D eigenvalue weighted by atomic mass is 10.0. The van der Waals surface area contributed by atoms with Gasteiger partial charge in [-0.3, -0.25) is 0 Å². The molecule has 0 aliphatic carbocycles. The molecule has 6 heteroatoms. The quantitative estimate of drug-likeness (QED) is 0.0320. The van der Waals surface area contributed by atoms with E-state index in [2.05, 4.69) is 57.2 Å². The zero-order valence-electron chi connectivity index (χ0n) is 42.5. The third-order valence-electron chi connectivity index (χ3n) is 12.5. The van der Waals surface area contributed by atoms with Gasteiger partial charge in [0.1, 0.15) is 6.10 Å². The van der Waals surface area contributed by atoms with Crippen molar-refractivity contribution >= 4 is 0 Å². The van der Waals surface area contributed by atoms with Crippen LogP contribution < -0.4 is 0 Å². The minimum absolute atomic E-state index is 0.122. The zero-order chi connectivity index (χ0) is 45.8. The Balaban J connectivity index is 4.37. The van der Waals surface area contributed by atoms with Crippen LogP contribution in [0.3, 0.4) is 0 Å². The van der Waals surface area contributed by atoms with Gasteiger partial charge in [0.05, 0.1) is 13.2 Å². The Morgan fingerprint density at radius 3 is 0.905 bits per heavy atom. The van der Waals surface area contributed by atoms with Crippen molar-refractivity contribution in [3.8, 4) is 0 Å². The van der Waals surface area contributed by atoms with E-state index in [0.29, 0.717) is 19.3 Å². The third kappa shape index (κ3) is 51.8. The summed E-state index contributed by atoms with van der Waals surface area (Å²) in [4.78, 5) is 0. The molecule has 0 bridgehead atoms. The summed E-state index contributed by atoms with van der Waals surface area (Å²) < 4.78 is 17.6. The monoisotopic (exact) mass is 891 g/mol. The summed E-state index contributed by atoms with van der Waals surface area (Å²) >= 11 is 0. The van der Waals surface area contributed by atoms with E-state index in [1.165, 1.54) is 186 Å². The van der Waals surface area contributed by atoms with Crippen LogP contribution in [0.2, 0.25) is 0 Å². The molecular weight excluding hydrogens is 781 g/mol. The van der Waals surface area contributed by atoms with Crippen LogP contribution in [0.5, 0.6) is 0 Å². The van der Waals surface area contributed by atoms with E-state index in [4.69, 9.17) is 14.2 Å². The van der Waals surface area contributed by atoms with Crippen molar-refractivity contribution in [2.24, 2.45) is 0 Å². The number of aliphatic hydroxyl groups is 3. The molecule has 0 aromatic heterocycles. The molecule has 4 atom stereocenters. The molecule has 0 spiro atoms. The zero-order valence-corrected chi connectivity index (χ0v) is 42.5. The maximum absolute atomic E-state index is 10.8. The Labute approximate surface area is 393 Å². The number of unbranched alkanes of at least 4 members (excludes halogenated alkanes) is 33. The Morgan fingerprint density at radius 1 is 0.302 bits per heavy atom. The van der Waals surface area contributed by atoms with Gasteiger partial charge in [-0.25, -0.2) is 0 Å². The highest BCUT2D eigenvalue weighted by Crippen LogP contribution is 2.17. The molecular formula is C57H110O6. The van der Waals surface area contributed by atoms with Crippen LogP contribution >= 0.6 is 0 Å². The number of aliphatic hydroxyl groups excluding tert-OH is 3. The summed E-state index contributed by atoms with van der Waals surface area (Å²) in [5, 5.41) is 32.0. The SMILES string of the molecule is CCCCCC=CCC=CCCCCCCCC(O)OCC(COC(O)CCCCCCCCCCCCCCCCC)OC(O)CCCCCCCC=CCCCCCCCC. The average molecular weight is 892 g/mol. The maximum Gasteiger partial charge on any atom is 0.155 e. The van der Waals surface area contributed by atoms with Crippen LogP contribution in [0.15, 0.2) is 36.5 Å². The summed E-state index contributed by atoms with van der Waals surface area (Å²) in [5.41, 5.74) is 0. The molecule has 0 aromatic rings. The second-order valence-corrected chi connectivity index (χ2v) is 18.9. The molecule has 0 saturated heterocycles. The van der Waals surface area contributed by atoms with Gasteiger partial charge >= 0.3 is 0 Å². The molecule has 374 valence electrons. The minimum Gasteiger partial charge on any atom is -0.368 e. The summed E-state index contributed by atoms with van der Waals surface area (Å²) in [7, 11) is 0. The number of rotatable bonds is 53. The highest BCUT2D eigenvalue weighted by atomic mass is 16.7. The number of hydrogen-bond donors (Lipinski definition) is 3. The Morgan fingerprint density at radius 2 is 0.556 bits per heavy atom. The molecule has 0 amide bonds. The predicted octanol–water partition coefficient (Wildman–Crippen LogP) is 17.5. The molecule has 0 aliphatic heterocycles. The van der Waals surface area contributed by atoms with Crippen LogP contribution in [-0.2, 0) is 14.2 Å². The van der Waals surface area contributed by atoms with E-state index in [0.717, 1.165) is 64.2 Å². The Kier molecular flexibility index (Phi) is 52.7. The third-order valence-corrected chi connectivity index (χ3v) is 12.5. The van der Waals surface area contributed by atoms with Crippen molar-refractivity contribution in [3.05, 3.63) is 36.5 Å². The van der Waals surface area contributed by atoms with E-state index in [9.17, 15) is 15.3 Å². The van der Waals surface area contributed by atoms with Crippen molar-refractivity contribution in [1.82, 2.24) is 0 Å². The lowest BCUT2D eigenvalue weighted by Crippen LogP contribution is -2.34. The molecule has 0 aliphatic rings. The lowest BCUT2D eigenvalue weighted by molar-refractivity contribution is -0.212. The Bertz CT molecular complexity index is 936. The minimum atomic E-state index is -0.918. The molecule has 63 heavy (non-hydrogen) atoms. The van der Waals surface area contributed by atoms with E-state index in [-0.39, 0.29) is 13.2 Å². The summed E-state index contributed by atoms with van der Waals surface area (Å²) in [6.45, 7) is 7.05. The van der Waals surface area contributed by atoms with Gasteiger partial charge < -0.3 is 29.5 Å². The van der Waals surface area contributed by atoms with Gasteiger partial charge in [-0.15, -0.1) is 0 Å². The summed E-state index contributed by atoms with van der Waals surface area (Å²) in [5.74, 6) is 0. The molecule has 0 radical (unpaired) electrons. The molecule has 3 N–H and O–H groups in total. The van der Waals surface area contributed by atoms with Gasteiger partial charge in [0, 0.05) is 0 Å². The standard InChI is InChI=1S/C57H110O6/c1-4-7-10-13-16-19-22-25-28-31-34-37-40-43-46-49-55(58)61-52-54(63-57(60)51-48-45-42-39-36-33-30-27-24-21-18-15-12-9-6-3)53-62-56(59)50-47-44-41-38-35-32-29-26-23-20-17-14-11-8-5-2/h16,19,25,27-28,30,54-60H,4-15,17-18,20-24,26,29,31-53H2,1-3H3. The average Bonchev–Trinajstić information content (AvgIpc) is 3.28. The highest BCUT2D eigenvalue weighted by molar-refractivity contribution is 4.92. The van der Waals surface area contributed by atoms with Crippen LogP contribution in [-0.4, -0.2) is 53.5 Å². The summed E-state index contributed by atoms with van der Waals surface area (Å²) in [6, 6.07) is 0. The van der Waals surface area contributed by atoms with Crippen molar-refractivity contribution in [1.29, 1.82) is 0 Å². The predicted molar refractivity (Wildman–Crippen MR) is 273 cm³/mol. The summed E-state index contributed by atoms with van der Waals surface area (Å²) in [6.07, 6.45) is 61.1. The first kappa shape index (κ1) is 62.0. The first-order chi connectivity index (χ1) is 31.0. The number of ether oxygens (including phenoxy) is 3. The molecule has 0 rings (SSSR count). The highest BCUT2D eigenvalue weighted by Gasteiger charge is 2.19. The van der Waals surface area contributed by atoms with Crippen molar-refractivity contribution < 1.29 is 29.5 Å². The van der Waals surface area contributed by atoms with Crippen LogP contribution in [0, 0.1) is 0 Å². The van der Waals surface area contributed by atoms with Gasteiger partial charge in [-0.05, 0) is 96.3 Å². The van der Waals surface area contributed by atoms with Gasteiger partial charge in [-0.1, -0.05) is 231 Å². The second kappa shape index (κ2) is 53.6. The van der Waals surface area contributed by atoms with Crippen LogP contribution in [0.25, 0.3) is 0 Å². The first-order valence-corrected chi connectivity index (χ1v) is 27.9. The first-order valence-electron chi connectivity index (χ1n) is 27.9. The van der Waals surface area contributed by atoms with Gasteiger partial charge in [-0.2, -0.15) is 0 Å². The van der Waals surface area contributed by atoms with E-state index in [1.54, 1.807) is 0 Å². The number of hydrogen-bond acceptors (Lipinski definition) is 6. The fourth-order valence-electron chi connectivity index (χ4n) is 8.23. The second-order valence-electron chi connectivity index (χ2n) is 18.9. The van der Waals surface area contributed by atoms with Crippen LogP contribution in [0.4, 0.5) is 0 Å². The Hall–Kier alpha value is -1.02.